The van der Waals surface area contributed by atoms with Crippen molar-refractivity contribution in [1.82, 2.24) is 29.3 Å². The summed E-state index contributed by atoms with van der Waals surface area (Å²) in [6.45, 7) is -1.97. The largest absolute Gasteiger partial charge is 0.434 e. The number of fused-ring (bicyclic) bond motifs is 1. The fraction of sp³-hybridized carbons (Fsp3) is 0.381. The van der Waals surface area contributed by atoms with Crippen LogP contribution in [0.25, 0.3) is 11.2 Å². The van der Waals surface area contributed by atoms with E-state index in [-0.39, 0.29) is 67.4 Å². The number of carbonyl (C=O) groups is 2. The van der Waals surface area contributed by atoms with Crippen molar-refractivity contribution in [2.75, 3.05) is 26.2 Å². The second kappa shape index (κ2) is 9.45. The molecule has 1 saturated heterocycles. The third-order valence-corrected chi connectivity index (χ3v) is 5.63. The number of hydrogen-bond donors (Lipinski definition) is 2. The molecule has 1 aliphatic heterocycles. The molecule has 3 heterocycles. The van der Waals surface area contributed by atoms with E-state index in [1.807, 2.05) is 0 Å². The number of ether oxygens (including phenoxy) is 1. The molecule has 11 nitrogen and oxygen atoms in total. The zero-order valence-electron chi connectivity index (χ0n) is 18.2. The van der Waals surface area contributed by atoms with Crippen LogP contribution in [-0.2, 0) is 18.3 Å². The topological polar surface area (TPSA) is 133 Å². The molecule has 34 heavy (non-hydrogen) atoms. The zero-order chi connectivity index (χ0) is 24.4. The summed E-state index contributed by atoms with van der Waals surface area (Å²) in [6, 6.07) is 5.80. The molecule has 0 saturated carbocycles. The van der Waals surface area contributed by atoms with E-state index >= 15 is 0 Å². The summed E-state index contributed by atoms with van der Waals surface area (Å²) in [7, 11) is 1.48. The van der Waals surface area contributed by atoms with E-state index in [0.29, 0.717) is 5.82 Å². The van der Waals surface area contributed by atoms with Gasteiger partial charge < -0.3 is 19.5 Å². The first-order chi connectivity index (χ1) is 16.2. The molecule has 4 rings (SSSR count). The number of amides is 2. The van der Waals surface area contributed by atoms with Crippen LogP contribution >= 0.6 is 0 Å². The molecule has 1 aromatic carbocycles. The number of piperazine rings is 1. The van der Waals surface area contributed by atoms with Crippen molar-refractivity contribution in [3.05, 3.63) is 56.5 Å². The Kier molecular flexibility index (Phi) is 6.43. The minimum absolute atomic E-state index is 0.0387. The number of halogens is 2. The molecule has 0 atom stereocenters. The molecule has 1 aliphatic rings. The minimum Gasteiger partial charge on any atom is -0.434 e. The second-order valence-electron chi connectivity index (χ2n) is 7.75. The van der Waals surface area contributed by atoms with Crippen LogP contribution in [0, 0.1) is 0 Å². The molecule has 0 aliphatic carbocycles. The number of hydrogen-bond acceptors (Lipinski definition) is 6. The molecule has 180 valence electrons. The Morgan fingerprint density at radius 2 is 1.76 bits per heavy atom. The molecule has 3 aromatic rings. The molecule has 1 fully saturated rings. The third-order valence-electron chi connectivity index (χ3n) is 5.63. The highest BCUT2D eigenvalue weighted by atomic mass is 19.3. The number of aryl methyl sites for hydroxylation is 2. The average Bonchev–Trinajstić information content (AvgIpc) is 3.26. The second-order valence-corrected chi connectivity index (χ2v) is 7.75. The average molecular weight is 476 g/mol. The minimum atomic E-state index is -3.04. The van der Waals surface area contributed by atoms with E-state index in [0.717, 1.165) is 0 Å². The Morgan fingerprint density at radius 1 is 1.09 bits per heavy atom. The molecule has 0 unspecified atom stereocenters. The van der Waals surface area contributed by atoms with Gasteiger partial charge in [0.15, 0.2) is 5.65 Å². The fourth-order valence-electron chi connectivity index (χ4n) is 3.83. The van der Waals surface area contributed by atoms with Gasteiger partial charge in [-0.1, -0.05) is 12.1 Å². The highest BCUT2D eigenvalue weighted by Crippen LogP contribution is 2.22. The Labute approximate surface area is 191 Å². The summed E-state index contributed by atoms with van der Waals surface area (Å²) in [5, 5.41) is 0. The molecule has 0 radical (unpaired) electrons. The summed E-state index contributed by atoms with van der Waals surface area (Å²) in [5.74, 6) is -0.388. The molecule has 0 spiro atoms. The fourth-order valence-corrected chi connectivity index (χ4v) is 3.83. The standard InChI is InChI=1S/C21H22F2N6O5/c1-27-17-16(18(31)26-21(27)33)24-14(25-17)6-7-15(30)28-8-10-29(11-9-28)19(32)12-4-2-3-5-13(12)34-20(22)23/h2-5,20H,6-11H2,1H3,(H,24,25)(H,26,31,33). The van der Waals surface area contributed by atoms with Crippen molar-refractivity contribution >= 4 is 23.0 Å². The summed E-state index contributed by atoms with van der Waals surface area (Å²) < 4.78 is 30.9. The Morgan fingerprint density at radius 3 is 2.47 bits per heavy atom. The van der Waals surface area contributed by atoms with Gasteiger partial charge in [-0.3, -0.25) is 23.9 Å². The van der Waals surface area contributed by atoms with Crippen molar-refractivity contribution in [2.24, 2.45) is 7.05 Å². The number of H-pyrrole nitrogens is 2. The van der Waals surface area contributed by atoms with Crippen LogP contribution in [0.3, 0.4) is 0 Å². The van der Waals surface area contributed by atoms with E-state index in [4.69, 9.17) is 0 Å². The van der Waals surface area contributed by atoms with Gasteiger partial charge in [-0.2, -0.15) is 8.78 Å². The lowest BCUT2D eigenvalue weighted by Gasteiger charge is -2.35. The number of nitrogens with zero attached hydrogens (tertiary/aromatic N) is 4. The van der Waals surface area contributed by atoms with Crippen LogP contribution in [0.4, 0.5) is 8.78 Å². The number of carbonyl (C=O) groups excluding carboxylic acids is 2. The van der Waals surface area contributed by atoms with E-state index in [1.54, 1.807) is 11.0 Å². The predicted octanol–water partition coefficient (Wildman–Crippen LogP) is 0.469. The number of alkyl halides is 2. The van der Waals surface area contributed by atoms with Crippen LogP contribution in [0.15, 0.2) is 33.9 Å². The number of nitrogens with one attached hydrogen (secondary N) is 2. The quantitative estimate of drug-likeness (QED) is 0.531. The lowest BCUT2D eigenvalue weighted by atomic mass is 10.1. The van der Waals surface area contributed by atoms with Crippen LogP contribution in [0.1, 0.15) is 22.6 Å². The summed E-state index contributed by atoms with van der Waals surface area (Å²) in [6.07, 6.45) is 0.351. The number of aromatic amines is 2. The Hall–Kier alpha value is -4.03. The summed E-state index contributed by atoms with van der Waals surface area (Å²) in [5.41, 5.74) is -0.754. The van der Waals surface area contributed by atoms with Gasteiger partial charge in [0.05, 0.1) is 5.56 Å². The van der Waals surface area contributed by atoms with Gasteiger partial charge in [0, 0.05) is 46.1 Å². The SMILES string of the molecule is Cn1c(=O)[nH]c(=O)c2[nH]c(CCC(=O)N3CCN(C(=O)c4ccccc4OC(F)F)CC3)nc21. The summed E-state index contributed by atoms with van der Waals surface area (Å²) >= 11 is 0. The maximum atomic E-state index is 12.8. The van der Waals surface area contributed by atoms with E-state index in [2.05, 4.69) is 19.7 Å². The zero-order valence-corrected chi connectivity index (χ0v) is 18.2. The van der Waals surface area contributed by atoms with Crippen molar-refractivity contribution in [1.29, 1.82) is 0 Å². The molecular weight excluding hydrogens is 454 g/mol. The van der Waals surface area contributed by atoms with Gasteiger partial charge in [0.1, 0.15) is 17.1 Å². The van der Waals surface area contributed by atoms with Gasteiger partial charge in [0.25, 0.3) is 11.5 Å². The highest BCUT2D eigenvalue weighted by Gasteiger charge is 2.27. The van der Waals surface area contributed by atoms with E-state index < -0.39 is 23.8 Å². The molecule has 13 heteroatoms. The lowest BCUT2D eigenvalue weighted by molar-refractivity contribution is -0.132. The number of para-hydroxylation sites is 1. The van der Waals surface area contributed by atoms with Crippen LogP contribution < -0.4 is 16.0 Å². The first kappa shape index (κ1) is 23.1. The predicted molar refractivity (Wildman–Crippen MR) is 116 cm³/mol. The van der Waals surface area contributed by atoms with Crippen molar-refractivity contribution in [3.63, 3.8) is 0 Å². The monoisotopic (exact) mass is 476 g/mol. The molecule has 2 amide bonds. The molecule has 2 aromatic heterocycles. The Balaban J connectivity index is 1.35. The smallest absolute Gasteiger partial charge is 0.387 e. The number of aromatic nitrogens is 4. The highest BCUT2D eigenvalue weighted by molar-refractivity contribution is 5.97. The first-order valence-corrected chi connectivity index (χ1v) is 10.5. The van der Waals surface area contributed by atoms with E-state index in [9.17, 15) is 28.0 Å². The van der Waals surface area contributed by atoms with E-state index in [1.165, 1.54) is 34.7 Å². The maximum Gasteiger partial charge on any atom is 0.387 e. The molecule has 2 N–H and O–H groups in total. The Bertz CT molecular complexity index is 1340. The van der Waals surface area contributed by atoms with Gasteiger partial charge in [0.2, 0.25) is 5.91 Å². The number of imidazole rings is 1. The van der Waals surface area contributed by atoms with Crippen LogP contribution in [-0.4, -0.2) is 73.9 Å². The van der Waals surface area contributed by atoms with Crippen molar-refractivity contribution < 1.29 is 23.1 Å². The van der Waals surface area contributed by atoms with Gasteiger partial charge in [-0.15, -0.1) is 0 Å². The first-order valence-electron chi connectivity index (χ1n) is 10.5. The normalized spacial score (nSPS) is 14.1. The van der Waals surface area contributed by atoms with Crippen molar-refractivity contribution in [2.45, 2.75) is 19.5 Å². The van der Waals surface area contributed by atoms with Crippen LogP contribution in [0.5, 0.6) is 5.75 Å². The third kappa shape index (κ3) is 4.67. The molecule has 0 bridgehead atoms. The lowest BCUT2D eigenvalue weighted by Crippen LogP contribution is -2.50. The van der Waals surface area contributed by atoms with Crippen LogP contribution in [0.2, 0.25) is 0 Å². The number of benzene rings is 1. The van der Waals surface area contributed by atoms with Crippen molar-refractivity contribution in [3.8, 4) is 5.75 Å². The van der Waals surface area contributed by atoms with Gasteiger partial charge in [-0.05, 0) is 12.1 Å². The molecular formula is C21H22F2N6O5. The van der Waals surface area contributed by atoms with Gasteiger partial charge >= 0.3 is 12.3 Å². The summed E-state index contributed by atoms with van der Waals surface area (Å²) in [4.78, 5) is 61.4. The maximum absolute atomic E-state index is 12.8. The number of rotatable bonds is 6. The van der Waals surface area contributed by atoms with Gasteiger partial charge in [-0.25, -0.2) is 9.78 Å².